The number of carbonyl (C=O) groups is 1. The summed E-state index contributed by atoms with van der Waals surface area (Å²) in [5, 5.41) is 9.03. The lowest BCUT2D eigenvalue weighted by Gasteiger charge is -2.14. The SMILES string of the molecule is O=C(O)c1cc(S(=O)(=O)CCN2CCCC2)ccc1Br. The zero-order chi connectivity index (χ0) is 14.8. The minimum absolute atomic E-state index is 0.0215. The highest BCUT2D eigenvalue weighted by Crippen LogP contribution is 2.22. The molecule has 0 aromatic heterocycles. The Bertz CT molecular complexity index is 609. The summed E-state index contributed by atoms with van der Waals surface area (Å²) in [6, 6.07) is 4.12. The molecule has 7 heteroatoms. The zero-order valence-corrected chi connectivity index (χ0v) is 13.3. The second-order valence-electron chi connectivity index (χ2n) is 4.81. The average molecular weight is 362 g/mol. The number of carboxylic acid groups (broad SMARTS) is 1. The molecule has 1 aliphatic heterocycles. The van der Waals surface area contributed by atoms with E-state index in [1.54, 1.807) is 0 Å². The van der Waals surface area contributed by atoms with Gasteiger partial charge in [-0.15, -0.1) is 0 Å². The number of aromatic carboxylic acids is 1. The van der Waals surface area contributed by atoms with Crippen LogP contribution < -0.4 is 0 Å². The lowest BCUT2D eigenvalue weighted by molar-refractivity contribution is 0.0695. The summed E-state index contributed by atoms with van der Waals surface area (Å²) in [5.41, 5.74) is -0.0350. The molecule has 1 heterocycles. The Morgan fingerprint density at radius 1 is 1.30 bits per heavy atom. The van der Waals surface area contributed by atoms with Gasteiger partial charge in [0, 0.05) is 11.0 Å². The van der Waals surface area contributed by atoms with E-state index in [0.29, 0.717) is 11.0 Å². The third-order valence-electron chi connectivity index (χ3n) is 3.40. The topological polar surface area (TPSA) is 74.7 Å². The highest BCUT2D eigenvalue weighted by Gasteiger charge is 2.20. The fourth-order valence-electron chi connectivity index (χ4n) is 2.24. The van der Waals surface area contributed by atoms with E-state index in [1.165, 1.54) is 18.2 Å². The summed E-state index contributed by atoms with van der Waals surface area (Å²) >= 11 is 3.11. The van der Waals surface area contributed by atoms with E-state index in [0.717, 1.165) is 25.9 Å². The van der Waals surface area contributed by atoms with Gasteiger partial charge in [-0.05, 0) is 60.1 Å². The number of carboxylic acids is 1. The maximum atomic E-state index is 12.2. The first-order chi connectivity index (χ1) is 9.40. The van der Waals surface area contributed by atoms with Crippen molar-refractivity contribution in [3.05, 3.63) is 28.2 Å². The normalized spacial score (nSPS) is 16.4. The van der Waals surface area contributed by atoms with Crippen LogP contribution in [-0.2, 0) is 9.84 Å². The van der Waals surface area contributed by atoms with Gasteiger partial charge in [-0.3, -0.25) is 0 Å². The van der Waals surface area contributed by atoms with Crippen molar-refractivity contribution in [3.63, 3.8) is 0 Å². The summed E-state index contributed by atoms with van der Waals surface area (Å²) < 4.78 is 24.9. The third-order valence-corrected chi connectivity index (χ3v) is 5.79. The summed E-state index contributed by atoms with van der Waals surface area (Å²) in [6.45, 7) is 2.38. The second kappa shape index (κ2) is 6.24. The van der Waals surface area contributed by atoms with Crippen molar-refractivity contribution >= 4 is 31.7 Å². The number of sulfone groups is 1. The fourth-order valence-corrected chi connectivity index (χ4v) is 3.96. The van der Waals surface area contributed by atoms with Gasteiger partial charge in [0.25, 0.3) is 0 Å². The molecule has 1 N–H and O–H groups in total. The number of nitrogens with zero attached hydrogens (tertiary/aromatic N) is 1. The van der Waals surface area contributed by atoms with Crippen LogP contribution >= 0.6 is 15.9 Å². The van der Waals surface area contributed by atoms with E-state index < -0.39 is 15.8 Å². The summed E-state index contributed by atoms with van der Waals surface area (Å²) in [5.74, 6) is -1.12. The molecule has 0 bridgehead atoms. The van der Waals surface area contributed by atoms with Crippen LogP contribution in [0.15, 0.2) is 27.6 Å². The van der Waals surface area contributed by atoms with Crippen LogP contribution in [0.25, 0.3) is 0 Å². The Labute approximate surface area is 126 Å². The van der Waals surface area contributed by atoms with Gasteiger partial charge in [-0.2, -0.15) is 0 Å². The molecule has 2 rings (SSSR count). The second-order valence-corrected chi connectivity index (χ2v) is 7.78. The summed E-state index contributed by atoms with van der Waals surface area (Å²) in [4.78, 5) is 13.2. The summed E-state index contributed by atoms with van der Waals surface area (Å²) in [7, 11) is -3.45. The Kier molecular flexibility index (Phi) is 4.82. The van der Waals surface area contributed by atoms with Crippen molar-refractivity contribution in [1.82, 2.24) is 4.90 Å². The molecule has 0 spiro atoms. The van der Waals surface area contributed by atoms with Crippen LogP contribution in [0.2, 0.25) is 0 Å². The predicted octanol–water partition coefficient (Wildman–Crippen LogP) is 2.02. The fraction of sp³-hybridized carbons (Fsp3) is 0.462. The van der Waals surface area contributed by atoms with E-state index in [2.05, 4.69) is 20.8 Å². The molecule has 1 saturated heterocycles. The molecular weight excluding hydrogens is 346 g/mol. The molecule has 1 aliphatic rings. The van der Waals surface area contributed by atoms with Crippen molar-refractivity contribution < 1.29 is 18.3 Å². The maximum Gasteiger partial charge on any atom is 0.336 e. The number of benzene rings is 1. The van der Waals surface area contributed by atoms with Gasteiger partial charge in [-0.1, -0.05) is 0 Å². The molecule has 0 atom stereocenters. The largest absolute Gasteiger partial charge is 0.478 e. The van der Waals surface area contributed by atoms with Crippen LogP contribution in [0.5, 0.6) is 0 Å². The van der Waals surface area contributed by atoms with Crippen molar-refractivity contribution in [2.45, 2.75) is 17.7 Å². The quantitative estimate of drug-likeness (QED) is 0.868. The first-order valence-corrected chi connectivity index (χ1v) is 8.82. The first kappa shape index (κ1) is 15.5. The van der Waals surface area contributed by atoms with Crippen molar-refractivity contribution in [2.75, 3.05) is 25.4 Å². The molecule has 0 radical (unpaired) electrons. The lowest BCUT2D eigenvalue weighted by Crippen LogP contribution is -2.26. The number of halogens is 1. The van der Waals surface area contributed by atoms with E-state index in [1.807, 2.05) is 0 Å². The molecule has 0 aliphatic carbocycles. The molecule has 5 nitrogen and oxygen atoms in total. The number of likely N-dealkylation sites (tertiary alicyclic amines) is 1. The van der Waals surface area contributed by atoms with Gasteiger partial charge < -0.3 is 10.0 Å². The molecule has 0 unspecified atom stereocenters. The molecule has 1 aromatic rings. The van der Waals surface area contributed by atoms with Gasteiger partial charge in [0.15, 0.2) is 9.84 Å². The minimum Gasteiger partial charge on any atom is -0.478 e. The number of hydrogen-bond donors (Lipinski definition) is 1. The highest BCUT2D eigenvalue weighted by atomic mass is 79.9. The van der Waals surface area contributed by atoms with E-state index >= 15 is 0 Å². The van der Waals surface area contributed by atoms with Gasteiger partial charge in [-0.25, -0.2) is 13.2 Å². The molecule has 1 fully saturated rings. The van der Waals surface area contributed by atoms with Crippen molar-refractivity contribution in [2.24, 2.45) is 0 Å². The van der Waals surface area contributed by atoms with E-state index in [4.69, 9.17) is 5.11 Å². The molecule has 0 saturated carbocycles. The molecule has 1 aromatic carbocycles. The van der Waals surface area contributed by atoms with Crippen LogP contribution in [0, 0.1) is 0 Å². The Morgan fingerprint density at radius 3 is 2.55 bits per heavy atom. The minimum atomic E-state index is -3.45. The molecule has 20 heavy (non-hydrogen) atoms. The lowest BCUT2D eigenvalue weighted by atomic mass is 10.2. The van der Waals surface area contributed by atoms with Gasteiger partial charge >= 0.3 is 5.97 Å². The van der Waals surface area contributed by atoms with Crippen LogP contribution in [0.1, 0.15) is 23.2 Å². The van der Waals surface area contributed by atoms with Gasteiger partial charge in [0.2, 0.25) is 0 Å². The molecule has 0 amide bonds. The summed E-state index contributed by atoms with van der Waals surface area (Å²) in [6.07, 6.45) is 2.23. The van der Waals surface area contributed by atoms with E-state index in [9.17, 15) is 13.2 Å². The first-order valence-electron chi connectivity index (χ1n) is 6.38. The number of hydrogen-bond acceptors (Lipinski definition) is 4. The number of rotatable bonds is 5. The predicted molar refractivity (Wildman–Crippen MR) is 78.8 cm³/mol. The third kappa shape index (κ3) is 3.59. The standard InChI is InChI=1S/C13H16BrNO4S/c14-12-4-3-10(9-11(12)13(16)17)20(18,19)8-7-15-5-1-2-6-15/h3-4,9H,1-2,5-8H2,(H,16,17). The van der Waals surface area contributed by atoms with Gasteiger partial charge in [0.1, 0.15) is 0 Å². The molecular formula is C13H16BrNO4S. The van der Waals surface area contributed by atoms with E-state index in [-0.39, 0.29) is 16.2 Å². The Balaban J connectivity index is 2.16. The monoisotopic (exact) mass is 361 g/mol. The highest BCUT2D eigenvalue weighted by molar-refractivity contribution is 9.10. The van der Waals surface area contributed by atoms with Crippen LogP contribution in [-0.4, -0.2) is 49.8 Å². The maximum absolute atomic E-state index is 12.2. The zero-order valence-electron chi connectivity index (χ0n) is 10.9. The average Bonchev–Trinajstić information content (AvgIpc) is 2.89. The Hall–Kier alpha value is -0.920. The van der Waals surface area contributed by atoms with Crippen molar-refractivity contribution in [3.8, 4) is 0 Å². The Morgan fingerprint density at radius 2 is 1.95 bits per heavy atom. The molecule has 110 valence electrons. The van der Waals surface area contributed by atoms with Crippen molar-refractivity contribution in [1.29, 1.82) is 0 Å². The van der Waals surface area contributed by atoms with Gasteiger partial charge in [0.05, 0.1) is 16.2 Å². The van der Waals surface area contributed by atoms with Crippen LogP contribution in [0.4, 0.5) is 0 Å². The van der Waals surface area contributed by atoms with Crippen LogP contribution in [0.3, 0.4) is 0 Å². The smallest absolute Gasteiger partial charge is 0.336 e.